The Balaban J connectivity index is 5.65. The lowest BCUT2D eigenvalue weighted by Crippen LogP contribution is -2.49. The van der Waals surface area contributed by atoms with Crippen molar-refractivity contribution in [1.29, 1.82) is 0 Å². The molecule has 0 aliphatic carbocycles. The van der Waals surface area contributed by atoms with E-state index in [9.17, 15) is 49.4 Å². The first-order valence-corrected chi connectivity index (χ1v) is 11.4. The normalized spacial score (nSPS) is 20.0. The molecule has 0 bridgehead atoms. The predicted molar refractivity (Wildman–Crippen MR) is 95.1 cm³/mol. The third kappa shape index (κ3) is 9.95. The van der Waals surface area contributed by atoms with E-state index >= 15 is 0 Å². The first kappa shape index (κ1) is 31.9. The third-order valence-corrected chi connectivity index (χ3v) is 6.06. The zero-order chi connectivity index (χ0) is 26.3. The summed E-state index contributed by atoms with van der Waals surface area (Å²) in [6.07, 6.45) is -20.3. The van der Waals surface area contributed by atoms with Gasteiger partial charge in [-0.05, 0) is 0 Å². The molecule has 12 N–H and O–H groups in total. The molecular weight excluding hydrogens is 510 g/mol. The summed E-state index contributed by atoms with van der Waals surface area (Å²) in [4.78, 5) is 41.2. The van der Waals surface area contributed by atoms with E-state index in [2.05, 4.69) is 13.4 Å². The topological polar surface area (TPSA) is 339 Å². The molecule has 8 atom stereocenters. The summed E-state index contributed by atoms with van der Waals surface area (Å²) >= 11 is 0. The van der Waals surface area contributed by atoms with E-state index in [1.165, 1.54) is 0 Å². The highest BCUT2D eigenvalue weighted by molar-refractivity contribution is 7.61. The average Bonchev–Trinajstić information content (AvgIpc) is 2.72. The Bertz CT molecular complexity index is 692. The quantitative estimate of drug-likeness (QED) is 0.0921. The second-order valence-electron chi connectivity index (χ2n) is 6.19. The van der Waals surface area contributed by atoms with E-state index in [1.807, 2.05) is 0 Å². The van der Waals surface area contributed by atoms with Crippen LogP contribution in [-0.2, 0) is 32.1 Å². The molecule has 0 spiro atoms. The molecule has 0 aromatic heterocycles. The molecule has 0 unspecified atom stereocenters. The summed E-state index contributed by atoms with van der Waals surface area (Å²) in [6.45, 7) is -2.34. The minimum Gasteiger partial charge on any atom is -0.394 e. The lowest BCUT2D eigenvalue weighted by molar-refractivity contribution is -0.167. The second-order valence-corrected chi connectivity index (χ2v) is 9.09. The van der Waals surface area contributed by atoms with Crippen molar-refractivity contribution in [3.63, 3.8) is 0 Å². The molecule has 0 aromatic rings. The lowest BCUT2D eigenvalue weighted by atomic mass is 10.0. The maximum Gasteiger partial charge on any atom is 0.601 e. The smallest absolute Gasteiger partial charge is 0.394 e. The van der Waals surface area contributed by atoms with Gasteiger partial charge in [0.15, 0.2) is 12.2 Å². The number of carbonyl (C=O) groups is 2. The average molecular weight is 534 g/mol. The van der Waals surface area contributed by atoms with Crippen LogP contribution in [-0.4, -0.2) is 135 Å². The highest BCUT2D eigenvalue weighted by Crippen LogP contribution is 2.61. The molecule has 19 nitrogen and oxygen atoms in total. The van der Waals surface area contributed by atoms with Crippen LogP contribution in [0.3, 0.4) is 0 Å². The Labute approximate surface area is 183 Å². The molecule has 0 saturated carbocycles. The molecule has 0 fully saturated rings. The number of phosphoric ester groups is 1. The summed E-state index contributed by atoms with van der Waals surface area (Å²) in [7, 11) is -12.1. The van der Waals surface area contributed by atoms with E-state index in [-0.39, 0.29) is 0 Å². The summed E-state index contributed by atoms with van der Waals surface area (Å²) in [5.41, 5.74) is 0. The molecule has 33 heavy (non-hydrogen) atoms. The van der Waals surface area contributed by atoms with Crippen molar-refractivity contribution in [2.45, 2.75) is 48.8 Å². The maximum absolute atomic E-state index is 12.3. The van der Waals surface area contributed by atoms with Crippen LogP contribution in [0, 0.1) is 0 Å². The van der Waals surface area contributed by atoms with Crippen molar-refractivity contribution in [1.82, 2.24) is 0 Å². The van der Waals surface area contributed by atoms with E-state index in [0.29, 0.717) is 0 Å². The van der Waals surface area contributed by atoms with Crippen molar-refractivity contribution in [2.24, 2.45) is 0 Å². The van der Waals surface area contributed by atoms with Gasteiger partial charge in [0.1, 0.15) is 36.6 Å². The zero-order valence-electron chi connectivity index (χ0n) is 16.2. The van der Waals surface area contributed by atoms with Gasteiger partial charge in [-0.15, -0.1) is 0 Å². The van der Waals surface area contributed by atoms with Gasteiger partial charge >= 0.3 is 27.6 Å². The van der Waals surface area contributed by atoms with Gasteiger partial charge in [-0.1, -0.05) is 0 Å². The number of rotatable bonds is 14. The molecule has 0 saturated heterocycles. The minimum absolute atomic E-state index is 1.17. The van der Waals surface area contributed by atoms with Crippen molar-refractivity contribution in [3.05, 3.63) is 0 Å². The van der Waals surface area contributed by atoms with Crippen LogP contribution in [0.4, 0.5) is 0 Å². The fourth-order valence-corrected chi connectivity index (χ4v) is 3.84. The molecule has 0 rings (SSSR count). The first-order chi connectivity index (χ1) is 14.9. The monoisotopic (exact) mass is 534 g/mol. The molecule has 0 amide bonds. The number of aliphatic hydroxyl groups is 10. The molecule has 21 heteroatoms. The Morgan fingerprint density at radius 3 is 1.18 bits per heavy atom. The van der Waals surface area contributed by atoms with Gasteiger partial charge in [0.2, 0.25) is 0 Å². The minimum atomic E-state index is -6.15. The molecule has 0 aliphatic rings. The van der Waals surface area contributed by atoms with Crippen LogP contribution in [0.15, 0.2) is 0 Å². The van der Waals surface area contributed by atoms with Crippen molar-refractivity contribution < 1.29 is 92.9 Å². The largest absolute Gasteiger partial charge is 0.601 e. The van der Waals surface area contributed by atoms with E-state index < -0.39 is 89.6 Å². The molecule has 0 heterocycles. The molecular formula is C12H24O19P2. The van der Waals surface area contributed by atoms with Gasteiger partial charge in [-0.3, -0.25) is 0 Å². The summed E-state index contributed by atoms with van der Waals surface area (Å²) in [5, 5.41) is 92.8. The third-order valence-electron chi connectivity index (χ3n) is 3.60. The van der Waals surface area contributed by atoms with E-state index in [1.54, 1.807) is 0 Å². The van der Waals surface area contributed by atoms with Crippen molar-refractivity contribution in [2.75, 3.05) is 13.2 Å². The molecule has 0 aromatic carbocycles. The maximum atomic E-state index is 12.3. The number of aliphatic hydroxyl groups excluding tert-OH is 10. The molecule has 0 radical (unpaired) electrons. The number of hydrogen-bond acceptors (Lipinski definition) is 17. The van der Waals surface area contributed by atoms with Crippen LogP contribution >= 0.6 is 15.6 Å². The Morgan fingerprint density at radius 1 is 0.636 bits per heavy atom. The van der Waals surface area contributed by atoms with Crippen LogP contribution in [0.1, 0.15) is 0 Å². The van der Waals surface area contributed by atoms with E-state index in [0.717, 1.165) is 0 Å². The predicted octanol–water partition coefficient (Wildman–Crippen LogP) is -6.84. The fourth-order valence-electron chi connectivity index (χ4n) is 1.83. The lowest BCUT2D eigenvalue weighted by Gasteiger charge is -2.26. The van der Waals surface area contributed by atoms with E-state index in [4.69, 9.17) is 30.2 Å². The highest BCUT2D eigenvalue weighted by atomic mass is 31.3. The number of phosphoric acid groups is 2. The van der Waals surface area contributed by atoms with Crippen LogP contribution < -0.4 is 0 Å². The zero-order valence-corrected chi connectivity index (χ0v) is 17.9. The van der Waals surface area contributed by atoms with Gasteiger partial charge < -0.3 is 69.9 Å². The second kappa shape index (κ2) is 13.1. The highest BCUT2D eigenvalue weighted by Gasteiger charge is 2.48. The van der Waals surface area contributed by atoms with Crippen molar-refractivity contribution in [3.8, 4) is 0 Å². The molecule has 0 aliphatic heterocycles. The van der Waals surface area contributed by atoms with Crippen LogP contribution in [0.2, 0.25) is 0 Å². The van der Waals surface area contributed by atoms with Crippen molar-refractivity contribution >= 4 is 27.6 Å². The first-order valence-electron chi connectivity index (χ1n) is 8.40. The Hall–Kier alpha value is -1.12. The van der Waals surface area contributed by atoms with Gasteiger partial charge in [0, 0.05) is 0 Å². The van der Waals surface area contributed by atoms with Gasteiger partial charge in [0.05, 0.1) is 13.2 Å². The van der Waals surface area contributed by atoms with Crippen LogP contribution in [0.25, 0.3) is 0 Å². The summed E-state index contributed by atoms with van der Waals surface area (Å²) < 4.78 is 34.5. The standard InChI is InChI=1S/C12H24O19P2/c13-1-3(15)5(17)7(19)9(21)11(23)29-33(28,31-32(25,26)27)30-12(24)10(22)8(20)6(18)4(16)2-14/h3-10,13-22H,1-2H2,(H2,25,26,27)/t3-,4-,5-,6-,7+,8+,9-,10-/m1/s1. The Kier molecular flexibility index (Phi) is 12.7. The number of carbonyl (C=O) groups excluding carboxylic acids is 2. The fraction of sp³-hybridized carbons (Fsp3) is 0.833. The van der Waals surface area contributed by atoms with Gasteiger partial charge in [-0.25, -0.2) is 18.7 Å². The SMILES string of the molecule is O=C(OP(=O)(OC(=O)[C@H](O)[C@@H](O)[C@H](O)[C@H](O)CO)OP(=O)(O)O)[C@H](O)[C@@H](O)[C@H](O)[C@H](O)CO. The molecule has 196 valence electrons. The number of hydrogen-bond donors (Lipinski definition) is 12. The summed E-state index contributed by atoms with van der Waals surface area (Å²) in [5.74, 6) is -4.66. The van der Waals surface area contributed by atoms with Gasteiger partial charge in [-0.2, -0.15) is 4.31 Å². The van der Waals surface area contributed by atoms with Gasteiger partial charge in [0.25, 0.3) is 0 Å². The Morgan fingerprint density at radius 2 is 0.939 bits per heavy atom. The summed E-state index contributed by atoms with van der Waals surface area (Å²) in [6, 6.07) is 0. The van der Waals surface area contributed by atoms with Crippen LogP contribution in [0.5, 0.6) is 0 Å².